The Hall–Kier alpha value is -3.09. The smallest absolute Gasteiger partial charge is 0.231 e. The standard InChI is InChI=1S/C23H29N5O2/c1-16(2)30-20-11-9-18(10-12-20)14-24-22(29)19-7-5-13-27(15-19)23-26-25-21-8-4-6-17(3)28(21)23/h4,6,8-12,16,19H,5,7,13-15H2,1-3H3,(H,24,29)/t19-/m1/s1. The molecule has 1 atom stereocenters. The molecule has 3 heterocycles. The van der Waals surface area contributed by atoms with Gasteiger partial charge in [0.2, 0.25) is 11.9 Å². The third-order valence-corrected chi connectivity index (χ3v) is 5.44. The topological polar surface area (TPSA) is 71.8 Å². The molecule has 7 nitrogen and oxygen atoms in total. The summed E-state index contributed by atoms with van der Waals surface area (Å²) in [6, 6.07) is 13.9. The summed E-state index contributed by atoms with van der Waals surface area (Å²) < 4.78 is 7.73. The van der Waals surface area contributed by atoms with Crippen molar-refractivity contribution < 1.29 is 9.53 Å². The third kappa shape index (κ3) is 4.40. The van der Waals surface area contributed by atoms with Crippen LogP contribution >= 0.6 is 0 Å². The van der Waals surface area contributed by atoms with Crippen molar-refractivity contribution in [1.29, 1.82) is 0 Å². The van der Waals surface area contributed by atoms with Gasteiger partial charge in [-0.2, -0.15) is 0 Å². The van der Waals surface area contributed by atoms with Crippen molar-refractivity contribution >= 4 is 17.5 Å². The molecule has 7 heteroatoms. The molecule has 0 aliphatic carbocycles. The third-order valence-electron chi connectivity index (χ3n) is 5.44. The molecule has 0 saturated carbocycles. The van der Waals surface area contributed by atoms with Gasteiger partial charge in [-0.15, -0.1) is 10.2 Å². The Bertz CT molecular complexity index is 1010. The number of nitrogens with zero attached hydrogens (tertiary/aromatic N) is 4. The van der Waals surface area contributed by atoms with Crippen LogP contribution in [-0.4, -0.2) is 39.7 Å². The number of fused-ring (bicyclic) bond motifs is 1. The molecule has 1 N–H and O–H groups in total. The van der Waals surface area contributed by atoms with Gasteiger partial charge >= 0.3 is 0 Å². The van der Waals surface area contributed by atoms with E-state index in [9.17, 15) is 4.79 Å². The monoisotopic (exact) mass is 407 g/mol. The fraction of sp³-hybridized carbons (Fsp3) is 0.435. The van der Waals surface area contributed by atoms with Crippen molar-refractivity contribution in [2.75, 3.05) is 18.0 Å². The average molecular weight is 408 g/mol. The highest BCUT2D eigenvalue weighted by atomic mass is 16.5. The Morgan fingerprint density at radius 1 is 1.20 bits per heavy atom. The number of anilines is 1. The van der Waals surface area contributed by atoms with E-state index in [-0.39, 0.29) is 17.9 Å². The summed E-state index contributed by atoms with van der Waals surface area (Å²) in [4.78, 5) is 15.0. The number of ether oxygens (including phenoxy) is 1. The molecule has 30 heavy (non-hydrogen) atoms. The van der Waals surface area contributed by atoms with Crippen LogP contribution in [0.1, 0.15) is 37.9 Å². The SMILES string of the molecule is Cc1cccc2nnc(N3CCC[C@@H](C(=O)NCc4ccc(OC(C)C)cc4)C3)n12. The Morgan fingerprint density at radius 2 is 2.00 bits per heavy atom. The first-order chi connectivity index (χ1) is 14.5. The van der Waals surface area contributed by atoms with Gasteiger partial charge in [-0.05, 0) is 63.4 Å². The molecule has 158 valence electrons. The number of hydrogen-bond donors (Lipinski definition) is 1. The summed E-state index contributed by atoms with van der Waals surface area (Å²) in [5.41, 5.74) is 2.98. The van der Waals surface area contributed by atoms with Crippen molar-refractivity contribution in [1.82, 2.24) is 19.9 Å². The lowest BCUT2D eigenvalue weighted by atomic mass is 9.97. The average Bonchev–Trinajstić information content (AvgIpc) is 3.18. The van der Waals surface area contributed by atoms with Crippen molar-refractivity contribution in [3.8, 4) is 5.75 Å². The van der Waals surface area contributed by atoms with Crippen molar-refractivity contribution in [3.05, 3.63) is 53.7 Å². The van der Waals surface area contributed by atoms with Gasteiger partial charge in [-0.3, -0.25) is 9.20 Å². The summed E-state index contributed by atoms with van der Waals surface area (Å²) >= 11 is 0. The van der Waals surface area contributed by atoms with Crippen LogP contribution < -0.4 is 15.0 Å². The number of aromatic nitrogens is 3. The largest absolute Gasteiger partial charge is 0.491 e. The number of rotatable bonds is 6. The van der Waals surface area contributed by atoms with Gasteiger partial charge in [0.15, 0.2) is 5.65 Å². The Morgan fingerprint density at radius 3 is 2.77 bits per heavy atom. The predicted octanol–water partition coefficient (Wildman–Crippen LogP) is 3.36. The van der Waals surface area contributed by atoms with Gasteiger partial charge in [-0.25, -0.2) is 0 Å². The number of amides is 1. The van der Waals surface area contributed by atoms with Crippen LogP contribution in [0.4, 0.5) is 5.95 Å². The van der Waals surface area contributed by atoms with E-state index < -0.39 is 0 Å². The van der Waals surface area contributed by atoms with E-state index in [1.807, 2.05) is 63.2 Å². The molecule has 2 aromatic heterocycles. The van der Waals surface area contributed by atoms with Crippen LogP contribution in [0, 0.1) is 12.8 Å². The molecule has 0 radical (unpaired) electrons. The molecular weight excluding hydrogens is 378 g/mol. The van der Waals surface area contributed by atoms with E-state index in [0.29, 0.717) is 13.1 Å². The van der Waals surface area contributed by atoms with E-state index in [1.54, 1.807) is 0 Å². The number of nitrogens with one attached hydrogen (secondary N) is 1. The molecule has 1 fully saturated rings. The number of aryl methyl sites for hydroxylation is 1. The maximum absolute atomic E-state index is 12.8. The van der Waals surface area contributed by atoms with E-state index in [0.717, 1.165) is 48.0 Å². The quantitative estimate of drug-likeness (QED) is 0.678. The molecular formula is C23H29N5O2. The molecule has 0 spiro atoms. The number of piperidine rings is 1. The molecule has 1 aliphatic rings. The molecule has 4 rings (SSSR count). The summed E-state index contributed by atoms with van der Waals surface area (Å²) in [6.07, 6.45) is 2.00. The second-order valence-electron chi connectivity index (χ2n) is 8.17. The fourth-order valence-electron chi connectivity index (χ4n) is 3.95. The number of pyridine rings is 1. The van der Waals surface area contributed by atoms with Gasteiger partial charge in [0.05, 0.1) is 12.0 Å². The van der Waals surface area contributed by atoms with Crippen molar-refractivity contribution in [3.63, 3.8) is 0 Å². The maximum Gasteiger partial charge on any atom is 0.231 e. The minimum absolute atomic E-state index is 0.0568. The Balaban J connectivity index is 1.38. The molecule has 1 aromatic carbocycles. The lowest BCUT2D eigenvalue weighted by molar-refractivity contribution is -0.125. The van der Waals surface area contributed by atoms with Crippen LogP contribution in [0.25, 0.3) is 5.65 Å². The summed E-state index contributed by atoms with van der Waals surface area (Å²) in [7, 11) is 0. The highest BCUT2D eigenvalue weighted by Gasteiger charge is 2.28. The van der Waals surface area contributed by atoms with Crippen LogP contribution in [-0.2, 0) is 11.3 Å². The highest BCUT2D eigenvalue weighted by molar-refractivity contribution is 5.79. The second kappa shape index (κ2) is 8.73. The fourth-order valence-corrected chi connectivity index (χ4v) is 3.95. The van der Waals surface area contributed by atoms with E-state index in [2.05, 4.69) is 24.8 Å². The number of carbonyl (C=O) groups excluding carboxylic acids is 1. The van der Waals surface area contributed by atoms with E-state index in [4.69, 9.17) is 4.74 Å². The van der Waals surface area contributed by atoms with Crippen LogP contribution in [0.2, 0.25) is 0 Å². The molecule has 1 saturated heterocycles. The first-order valence-electron chi connectivity index (χ1n) is 10.6. The lowest BCUT2D eigenvalue weighted by Gasteiger charge is -2.32. The number of carbonyl (C=O) groups is 1. The summed E-state index contributed by atoms with van der Waals surface area (Å²) in [6.45, 7) is 8.12. The normalized spacial score (nSPS) is 16.8. The second-order valence-corrected chi connectivity index (χ2v) is 8.17. The van der Waals surface area contributed by atoms with Crippen LogP contribution in [0.5, 0.6) is 5.75 Å². The van der Waals surface area contributed by atoms with Gasteiger partial charge in [0.25, 0.3) is 0 Å². The molecule has 1 amide bonds. The van der Waals surface area contributed by atoms with Crippen LogP contribution in [0.3, 0.4) is 0 Å². The first-order valence-corrected chi connectivity index (χ1v) is 10.6. The zero-order valence-corrected chi connectivity index (χ0v) is 17.8. The predicted molar refractivity (Wildman–Crippen MR) is 117 cm³/mol. The minimum atomic E-state index is -0.0568. The molecule has 1 aliphatic heterocycles. The molecule has 3 aromatic rings. The maximum atomic E-state index is 12.8. The minimum Gasteiger partial charge on any atom is -0.491 e. The highest BCUT2D eigenvalue weighted by Crippen LogP contribution is 2.24. The Labute approximate surface area is 177 Å². The van der Waals surface area contributed by atoms with Crippen molar-refractivity contribution in [2.45, 2.75) is 46.3 Å². The van der Waals surface area contributed by atoms with E-state index in [1.165, 1.54) is 0 Å². The van der Waals surface area contributed by atoms with Crippen molar-refractivity contribution in [2.24, 2.45) is 5.92 Å². The van der Waals surface area contributed by atoms with Crippen LogP contribution in [0.15, 0.2) is 42.5 Å². The zero-order valence-electron chi connectivity index (χ0n) is 17.8. The van der Waals surface area contributed by atoms with Gasteiger partial charge in [0, 0.05) is 25.3 Å². The van der Waals surface area contributed by atoms with E-state index >= 15 is 0 Å². The van der Waals surface area contributed by atoms with Gasteiger partial charge < -0.3 is 15.0 Å². The zero-order chi connectivity index (χ0) is 21.1. The molecule has 0 bridgehead atoms. The molecule has 0 unspecified atom stereocenters. The summed E-state index contributed by atoms with van der Waals surface area (Å²) in [5, 5.41) is 11.8. The van der Waals surface area contributed by atoms with Gasteiger partial charge in [-0.1, -0.05) is 18.2 Å². The lowest BCUT2D eigenvalue weighted by Crippen LogP contribution is -2.43. The Kier molecular flexibility index (Phi) is 5.88. The van der Waals surface area contributed by atoms with Gasteiger partial charge in [0.1, 0.15) is 5.75 Å². The summed E-state index contributed by atoms with van der Waals surface area (Å²) in [5.74, 6) is 1.70. The number of benzene rings is 1. The first kappa shape index (κ1) is 20.2. The number of hydrogen-bond acceptors (Lipinski definition) is 5.